The van der Waals surface area contributed by atoms with Crippen molar-refractivity contribution in [2.24, 2.45) is 0 Å². The molecule has 0 bridgehead atoms. The minimum Gasteiger partial charge on any atom is -0.485 e. The van der Waals surface area contributed by atoms with Crippen molar-refractivity contribution < 1.29 is 4.74 Å². The highest BCUT2D eigenvalue weighted by Gasteiger charge is 2.14. The molecule has 0 aliphatic carbocycles. The highest BCUT2D eigenvalue weighted by molar-refractivity contribution is 5.76. The van der Waals surface area contributed by atoms with E-state index in [-0.39, 0.29) is 0 Å². The molecule has 0 amide bonds. The van der Waals surface area contributed by atoms with E-state index < -0.39 is 0 Å². The average molecular weight is 385 g/mol. The van der Waals surface area contributed by atoms with Gasteiger partial charge in [0.15, 0.2) is 0 Å². The number of hydrogen-bond donors (Lipinski definition) is 0. The molecule has 3 heteroatoms. The lowest BCUT2D eigenvalue weighted by Crippen LogP contribution is -2.09. The van der Waals surface area contributed by atoms with Crippen LogP contribution >= 0.6 is 0 Å². The highest BCUT2D eigenvalue weighted by atomic mass is 16.5. The quantitative estimate of drug-likeness (QED) is 0.384. The van der Waals surface area contributed by atoms with Crippen LogP contribution in [0, 0.1) is 13.8 Å². The Morgan fingerprint density at radius 2 is 1.62 bits per heavy atom. The SMILES string of the molecule is Cc1ccc(Cn2c(COc3cc(C)ccc3C(C)C)nc3ccccc32)cc1. The lowest BCUT2D eigenvalue weighted by atomic mass is 10.0. The molecule has 0 unspecified atom stereocenters. The third-order valence-electron chi connectivity index (χ3n) is 5.34. The summed E-state index contributed by atoms with van der Waals surface area (Å²) >= 11 is 0. The molecule has 1 heterocycles. The molecule has 0 atom stereocenters. The number of imidazole rings is 1. The van der Waals surface area contributed by atoms with E-state index in [2.05, 4.69) is 92.9 Å². The summed E-state index contributed by atoms with van der Waals surface area (Å²) in [7, 11) is 0. The molecule has 0 spiro atoms. The van der Waals surface area contributed by atoms with Crippen molar-refractivity contribution in [3.63, 3.8) is 0 Å². The third-order valence-corrected chi connectivity index (χ3v) is 5.34. The van der Waals surface area contributed by atoms with E-state index in [1.807, 2.05) is 6.07 Å². The topological polar surface area (TPSA) is 27.1 Å². The van der Waals surface area contributed by atoms with Gasteiger partial charge in [-0.1, -0.05) is 67.9 Å². The van der Waals surface area contributed by atoms with E-state index in [1.165, 1.54) is 22.3 Å². The number of rotatable bonds is 6. The van der Waals surface area contributed by atoms with Crippen LogP contribution in [0.25, 0.3) is 11.0 Å². The summed E-state index contributed by atoms with van der Waals surface area (Å²) in [6.07, 6.45) is 0. The minimum atomic E-state index is 0.414. The molecule has 0 N–H and O–H groups in total. The molecule has 29 heavy (non-hydrogen) atoms. The van der Waals surface area contributed by atoms with Crippen LogP contribution < -0.4 is 4.74 Å². The van der Waals surface area contributed by atoms with Gasteiger partial charge in [0, 0.05) is 6.54 Å². The first kappa shape index (κ1) is 19.3. The fourth-order valence-corrected chi connectivity index (χ4v) is 3.67. The number of benzene rings is 3. The van der Waals surface area contributed by atoms with E-state index >= 15 is 0 Å². The lowest BCUT2D eigenvalue weighted by Gasteiger charge is -2.16. The summed E-state index contributed by atoms with van der Waals surface area (Å²) < 4.78 is 8.58. The number of nitrogens with zero attached hydrogens (tertiary/aromatic N) is 2. The number of aromatic nitrogens is 2. The molecule has 1 aromatic heterocycles. The largest absolute Gasteiger partial charge is 0.485 e. The van der Waals surface area contributed by atoms with Crippen molar-refractivity contribution in [2.45, 2.75) is 46.8 Å². The standard InChI is InChI=1S/C26H28N2O/c1-18(2)22-14-11-20(4)15-25(22)29-17-26-27-23-7-5-6-8-24(23)28(26)16-21-12-9-19(3)10-13-21/h5-15,18H,16-17H2,1-4H3. The van der Waals surface area contributed by atoms with Gasteiger partial charge in [0.25, 0.3) is 0 Å². The second-order valence-electron chi connectivity index (χ2n) is 8.07. The molecule has 4 rings (SSSR count). The number of para-hydroxylation sites is 2. The maximum atomic E-state index is 6.31. The molecule has 148 valence electrons. The van der Waals surface area contributed by atoms with Crippen LogP contribution in [-0.4, -0.2) is 9.55 Å². The first-order valence-electron chi connectivity index (χ1n) is 10.2. The number of ether oxygens (including phenoxy) is 1. The first-order valence-corrected chi connectivity index (χ1v) is 10.2. The zero-order chi connectivity index (χ0) is 20.4. The van der Waals surface area contributed by atoms with Gasteiger partial charge in [-0.05, 0) is 54.7 Å². The summed E-state index contributed by atoms with van der Waals surface area (Å²) in [5.74, 6) is 2.31. The molecule has 3 nitrogen and oxygen atoms in total. The zero-order valence-corrected chi connectivity index (χ0v) is 17.6. The minimum absolute atomic E-state index is 0.414. The highest BCUT2D eigenvalue weighted by Crippen LogP contribution is 2.28. The van der Waals surface area contributed by atoms with Crippen molar-refractivity contribution in [1.29, 1.82) is 0 Å². The second kappa shape index (κ2) is 8.12. The average Bonchev–Trinajstić information content (AvgIpc) is 3.05. The van der Waals surface area contributed by atoms with Crippen molar-refractivity contribution in [2.75, 3.05) is 0 Å². The van der Waals surface area contributed by atoms with E-state index in [1.54, 1.807) is 0 Å². The van der Waals surface area contributed by atoms with Gasteiger partial charge in [-0.25, -0.2) is 4.98 Å². The Hall–Kier alpha value is -3.07. The van der Waals surface area contributed by atoms with E-state index in [9.17, 15) is 0 Å². The van der Waals surface area contributed by atoms with Gasteiger partial charge in [0.2, 0.25) is 0 Å². The third kappa shape index (κ3) is 4.19. The second-order valence-corrected chi connectivity index (χ2v) is 8.07. The smallest absolute Gasteiger partial charge is 0.148 e. The predicted molar refractivity (Wildman–Crippen MR) is 120 cm³/mol. The van der Waals surface area contributed by atoms with Crippen LogP contribution in [0.15, 0.2) is 66.7 Å². The summed E-state index contributed by atoms with van der Waals surface area (Å²) in [5, 5.41) is 0. The van der Waals surface area contributed by atoms with Crippen LogP contribution in [0.1, 0.15) is 47.8 Å². The lowest BCUT2D eigenvalue weighted by molar-refractivity contribution is 0.287. The summed E-state index contributed by atoms with van der Waals surface area (Å²) in [4.78, 5) is 4.88. The number of fused-ring (bicyclic) bond motifs is 1. The Balaban J connectivity index is 1.67. The molecule has 0 saturated heterocycles. The predicted octanol–water partition coefficient (Wildman–Crippen LogP) is 6.40. The van der Waals surface area contributed by atoms with Gasteiger partial charge < -0.3 is 9.30 Å². The Kier molecular flexibility index (Phi) is 5.39. The van der Waals surface area contributed by atoms with Crippen LogP contribution in [-0.2, 0) is 13.2 Å². The van der Waals surface area contributed by atoms with Crippen molar-refractivity contribution >= 4 is 11.0 Å². The van der Waals surface area contributed by atoms with Gasteiger partial charge in [-0.3, -0.25) is 0 Å². The number of aryl methyl sites for hydroxylation is 2. The Morgan fingerprint density at radius 3 is 2.38 bits per heavy atom. The molecular formula is C26H28N2O. The summed E-state index contributed by atoms with van der Waals surface area (Å²) in [5.41, 5.74) is 7.12. The fraction of sp³-hybridized carbons (Fsp3) is 0.269. The van der Waals surface area contributed by atoms with Crippen LogP contribution in [0.3, 0.4) is 0 Å². The molecule has 3 aromatic carbocycles. The number of hydrogen-bond acceptors (Lipinski definition) is 2. The van der Waals surface area contributed by atoms with Crippen LogP contribution in [0.5, 0.6) is 5.75 Å². The molecule has 0 saturated carbocycles. The van der Waals surface area contributed by atoms with E-state index in [0.717, 1.165) is 29.2 Å². The van der Waals surface area contributed by atoms with Gasteiger partial charge in [-0.2, -0.15) is 0 Å². The molecular weight excluding hydrogens is 356 g/mol. The van der Waals surface area contributed by atoms with E-state index in [0.29, 0.717) is 12.5 Å². The monoisotopic (exact) mass is 384 g/mol. The van der Waals surface area contributed by atoms with Crippen molar-refractivity contribution in [1.82, 2.24) is 9.55 Å². The Morgan fingerprint density at radius 1 is 0.897 bits per heavy atom. The molecule has 0 aliphatic heterocycles. The maximum absolute atomic E-state index is 6.31. The van der Waals surface area contributed by atoms with Crippen LogP contribution in [0.2, 0.25) is 0 Å². The zero-order valence-electron chi connectivity index (χ0n) is 17.6. The molecule has 0 aliphatic rings. The molecule has 0 fully saturated rings. The Bertz CT molecular complexity index is 1120. The first-order chi connectivity index (χ1) is 14.0. The molecule has 4 aromatic rings. The normalized spacial score (nSPS) is 11.3. The van der Waals surface area contributed by atoms with Crippen LogP contribution in [0.4, 0.5) is 0 Å². The van der Waals surface area contributed by atoms with Gasteiger partial charge >= 0.3 is 0 Å². The summed E-state index contributed by atoms with van der Waals surface area (Å²) in [6.45, 7) is 9.84. The Labute approximate surface area is 173 Å². The van der Waals surface area contributed by atoms with Gasteiger partial charge in [0.05, 0.1) is 11.0 Å². The van der Waals surface area contributed by atoms with Crippen molar-refractivity contribution in [3.05, 3.63) is 94.8 Å². The van der Waals surface area contributed by atoms with Gasteiger partial charge in [0.1, 0.15) is 18.2 Å². The fourth-order valence-electron chi connectivity index (χ4n) is 3.67. The molecule has 0 radical (unpaired) electrons. The maximum Gasteiger partial charge on any atom is 0.148 e. The summed E-state index contributed by atoms with van der Waals surface area (Å²) in [6, 6.07) is 23.4. The van der Waals surface area contributed by atoms with E-state index in [4.69, 9.17) is 9.72 Å². The van der Waals surface area contributed by atoms with Crippen molar-refractivity contribution in [3.8, 4) is 5.75 Å². The van der Waals surface area contributed by atoms with Gasteiger partial charge in [-0.15, -0.1) is 0 Å².